The number of hydrogen-bond acceptors (Lipinski definition) is 4. The van der Waals surface area contributed by atoms with Crippen molar-refractivity contribution in [1.29, 1.82) is 0 Å². The molecule has 0 aliphatic carbocycles. The van der Waals surface area contributed by atoms with Crippen LogP contribution in [0.15, 0.2) is 24.4 Å². The molecule has 7 nitrogen and oxygen atoms in total. The van der Waals surface area contributed by atoms with Crippen LogP contribution in [-0.4, -0.2) is 69.7 Å². The molecular formula is C17H21N3O4. The summed E-state index contributed by atoms with van der Waals surface area (Å²) in [6.45, 7) is 3.05. The summed E-state index contributed by atoms with van der Waals surface area (Å²) in [6.07, 6.45) is 1.80. The number of benzene rings is 1. The lowest BCUT2D eigenvalue weighted by Gasteiger charge is -2.36. The van der Waals surface area contributed by atoms with Gasteiger partial charge in [-0.15, -0.1) is 0 Å². The largest absolute Gasteiger partial charge is 0.480 e. The minimum absolute atomic E-state index is 0.196. The second-order valence-electron chi connectivity index (χ2n) is 6.31. The fraction of sp³-hybridized carbons (Fsp3) is 0.412. The summed E-state index contributed by atoms with van der Waals surface area (Å²) in [6, 6.07) is 4.10. The maximum absolute atomic E-state index is 12.0. The number of aliphatic carboxylic acids is 1. The molecule has 1 aliphatic heterocycles. The van der Waals surface area contributed by atoms with Crippen LogP contribution in [0.2, 0.25) is 0 Å². The molecule has 1 atom stereocenters. The van der Waals surface area contributed by atoms with Crippen molar-refractivity contribution >= 4 is 22.8 Å². The fourth-order valence-corrected chi connectivity index (χ4v) is 3.33. The molecule has 1 saturated heterocycles. The monoisotopic (exact) mass is 331 g/mol. The molecule has 3 rings (SSSR count). The first-order valence-electron chi connectivity index (χ1n) is 7.86. The molecule has 1 unspecified atom stereocenters. The number of carboxylic acid groups (broad SMARTS) is 2. The maximum atomic E-state index is 12.0. The first kappa shape index (κ1) is 16.5. The van der Waals surface area contributed by atoms with E-state index in [1.165, 1.54) is 6.07 Å². The van der Waals surface area contributed by atoms with Crippen LogP contribution in [0.3, 0.4) is 0 Å². The highest BCUT2D eigenvalue weighted by Crippen LogP contribution is 2.31. The van der Waals surface area contributed by atoms with Gasteiger partial charge in [0, 0.05) is 55.9 Å². The second kappa shape index (κ2) is 6.26. The van der Waals surface area contributed by atoms with E-state index in [0.717, 1.165) is 24.0 Å². The Balaban J connectivity index is 2.05. The van der Waals surface area contributed by atoms with Crippen LogP contribution in [0.5, 0.6) is 0 Å². The van der Waals surface area contributed by atoms with Crippen molar-refractivity contribution in [2.24, 2.45) is 7.05 Å². The second-order valence-corrected chi connectivity index (χ2v) is 6.31. The van der Waals surface area contributed by atoms with Crippen molar-refractivity contribution in [3.8, 4) is 0 Å². The minimum Gasteiger partial charge on any atom is -0.480 e. The van der Waals surface area contributed by atoms with E-state index in [9.17, 15) is 14.7 Å². The zero-order chi connectivity index (χ0) is 17.4. The molecule has 1 fully saturated rings. The third-order valence-electron chi connectivity index (χ3n) is 4.70. The predicted molar refractivity (Wildman–Crippen MR) is 89.3 cm³/mol. The summed E-state index contributed by atoms with van der Waals surface area (Å²) < 4.78 is 1.79. The number of carboxylic acids is 2. The Hall–Kier alpha value is -2.38. The lowest BCUT2D eigenvalue weighted by atomic mass is 10.0. The Kier molecular flexibility index (Phi) is 4.29. The molecule has 128 valence electrons. The van der Waals surface area contributed by atoms with Gasteiger partial charge in [0.25, 0.3) is 0 Å². The molecule has 0 spiro atoms. The molecule has 2 N–H and O–H groups in total. The Labute approximate surface area is 139 Å². The standard InChI is InChI=1S/C17H21N3O4/c1-18-5-7-20(8-6-18)15(17(23)24)13-10-19(2)14-9-11(16(21)22)3-4-12(13)14/h3-4,9-10,15H,5-8H2,1-2H3,(H,21,22)(H,23,24). The van der Waals surface area contributed by atoms with Gasteiger partial charge in [-0.3, -0.25) is 9.69 Å². The highest BCUT2D eigenvalue weighted by atomic mass is 16.4. The number of nitrogens with zero attached hydrogens (tertiary/aromatic N) is 3. The van der Waals surface area contributed by atoms with E-state index >= 15 is 0 Å². The van der Waals surface area contributed by atoms with Crippen molar-refractivity contribution in [2.45, 2.75) is 6.04 Å². The third kappa shape index (κ3) is 2.88. The Bertz CT molecular complexity index is 790. The van der Waals surface area contributed by atoms with Crippen LogP contribution in [0.25, 0.3) is 10.9 Å². The Morgan fingerprint density at radius 2 is 1.75 bits per heavy atom. The molecule has 0 radical (unpaired) electrons. The molecule has 0 bridgehead atoms. The van der Waals surface area contributed by atoms with Gasteiger partial charge in [0.1, 0.15) is 6.04 Å². The van der Waals surface area contributed by atoms with E-state index in [-0.39, 0.29) is 5.56 Å². The molecule has 7 heteroatoms. The molecule has 2 aromatic rings. The lowest BCUT2D eigenvalue weighted by Crippen LogP contribution is -2.47. The Morgan fingerprint density at radius 3 is 2.33 bits per heavy atom. The van der Waals surface area contributed by atoms with Gasteiger partial charge in [0.2, 0.25) is 0 Å². The van der Waals surface area contributed by atoms with Crippen molar-refractivity contribution < 1.29 is 19.8 Å². The summed E-state index contributed by atoms with van der Waals surface area (Å²) in [5.41, 5.74) is 1.63. The average molecular weight is 331 g/mol. The molecule has 0 amide bonds. The number of likely N-dealkylation sites (N-methyl/N-ethyl adjacent to an activating group) is 1. The van der Waals surface area contributed by atoms with Crippen LogP contribution in [0.4, 0.5) is 0 Å². The van der Waals surface area contributed by atoms with Gasteiger partial charge < -0.3 is 19.7 Å². The summed E-state index contributed by atoms with van der Waals surface area (Å²) in [5, 5.41) is 19.7. The van der Waals surface area contributed by atoms with Crippen molar-refractivity contribution in [3.63, 3.8) is 0 Å². The van der Waals surface area contributed by atoms with E-state index in [4.69, 9.17) is 5.11 Å². The summed E-state index contributed by atoms with van der Waals surface area (Å²) >= 11 is 0. The molecule has 1 aromatic carbocycles. The quantitative estimate of drug-likeness (QED) is 0.877. The lowest BCUT2D eigenvalue weighted by molar-refractivity contribution is -0.144. The number of aryl methyl sites for hydroxylation is 1. The zero-order valence-corrected chi connectivity index (χ0v) is 13.8. The molecular weight excluding hydrogens is 310 g/mol. The SMILES string of the molecule is CN1CCN(C(C(=O)O)c2cn(C)c3cc(C(=O)O)ccc23)CC1. The van der Waals surface area contributed by atoms with Gasteiger partial charge in [-0.05, 0) is 19.2 Å². The average Bonchev–Trinajstić information content (AvgIpc) is 2.85. The van der Waals surface area contributed by atoms with Crippen LogP contribution >= 0.6 is 0 Å². The third-order valence-corrected chi connectivity index (χ3v) is 4.70. The number of hydrogen-bond donors (Lipinski definition) is 2. The van der Waals surface area contributed by atoms with E-state index in [0.29, 0.717) is 18.7 Å². The molecule has 24 heavy (non-hydrogen) atoms. The Morgan fingerprint density at radius 1 is 1.08 bits per heavy atom. The number of fused-ring (bicyclic) bond motifs is 1. The maximum Gasteiger partial charge on any atom is 0.335 e. The van der Waals surface area contributed by atoms with E-state index in [1.807, 2.05) is 11.9 Å². The van der Waals surface area contributed by atoms with Gasteiger partial charge in [-0.25, -0.2) is 4.79 Å². The van der Waals surface area contributed by atoms with Gasteiger partial charge >= 0.3 is 11.9 Å². The first-order chi connectivity index (χ1) is 11.4. The highest BCUT2D eigenvalue weighted by molar-refractivity contribution is 5.96. The summed E-state index contributed by atoms with van der Waals surface area (Å²) in [5.74, 6) is -1.87. The van der Waals surface area contributed by atoms with Gasteiger partial charge in [-0.1, -0.05) is 6.07 Å². The van der Waals surface area contributed by atoms with Gasteiger partial charge in [-0.2, -0.15) is 0 Å². The molecule has 2 heterocycles. The summed E-state index contributed by atoms with van der Waals surface area (Å²) in [7, 11) is 3.83. The highest BCUT2D eigenvalue weighted by Gasteiger charge is 2.32. The zero-order valence-electron chi connectivity index (χ0n) is 13.8. The number of rotatable bonds is 4. The fourth-order valence-electron chi connectivity index (χ4n) is 3.33. The minimum atomic E-state index is -0.992. The number of aromatic nitrogens is 1. The van der Waals surface area contributed by atoms with Crippen molar-refractivity contribution in [3.05, 3.63) is 35.5 Å². The topological polar surface area (TPSA) is 86.0 Å². The number of carbonyl (C=O) groups is 2. The van der Waals surface area contributed by atoms with Crippen LogP contribution in [0, 0.1) is 0 Å². The molecule has 1 aromatic heterocycles. The van der Waals surface area contributed by atoms with Gasteiger partial charge in [0.15, 0.2) is 0 Å². The predicted octanol–water partition coefficient (Wildman–Crippen LogP) is 1.25. The van der Waals surface area contributed by atoms with E-state index < -0.39 is 18.0 Å². The van der Waals surface area contributed by atoms with Gasteiger partial charge in [0.05, 0.1) is 5.56 Å². The van der Waals surface area contributed by atoms with Crippen molar-refractivity contribution in [1.82, 2.24) is 14.4 Å². The van der Waals surface area contributed by atoms with Crippen LogP contribution in [-0.2, 0) is 11.8 Å². The number of piperazine rings is 1. The normalized spacial score (nSPS) is 17.9. The molecule has 1 aliphatic rings. The van der Waals surface area contributed by atoms with Crippen LogP contribution in [0.1, 0.15) is 22.0 Å². The van der Waals surface area contributed by atoms with E-state index in [2.05, 4.69) is 4.90 Å². The molecule has 0 saturated carbocycles. The first-order valence-corrected chi connectivity index (χ1v) is 7.86. The smallest absolute Gasteiger partial charge is 0.335 e. The summed E-state index contributed by atoms with van der Waals surface area (Å²) in [4.78, 5) is 27.3. The van der Waals surface area contributed by atoms with Crippen molar-refractivity contribution in [2.75, 3.05) is 33.2 Å². The number of aromatic carboxylic acids is 1. The van der Waals surface area contributed by atoms with Crippen LogP contribution < -0.4 is 0 Å². The van der Waals surface area contributed by atoms with E-state index in [1.54, 1.807) is 29.9 Å².